The van der Waals surface area contributed by atoms with Crippen LogP contribution in [0.5, 0.6) is 0 Å². The molecule has 0 aromatic carbocycles. The maximum absolute atomic E-state index is 4.50. The summed E-state index contributed by atoms with van der Waals surface area (Å²) in [5, 5.41) is 8.80. The smallest absolute Gasteiger partial charge is 0.151 e. The summed E-state index contributed by atoms with van der Waals surface area (Å²) in [4.78, 5) is 13.2. The van der Waals surface area contributed by atoms with Crippen LogP contribution in [-0.2, 0) is 5.41 Å². The number of hydrogen-bond donors (Lipinski definition) is 0. The van der Waals surface area contributed by atoms with E-state index in [9.17, 15) is 0 Å². The molecule has 0 saturated carbocycles. The van der Waals surface area contributed by atoms with Crippen LogP contribution in [0.1, 0.15) is 32.3 Å². The van der Waals surface area contributed by atoms with Gasteiger partial charge in [-0.15, -0.1) is 5.10 Å². The highest BCUT2D eigenvalue weighted by Crippen LogP contribution is 2.22. The number of nitrogens with zero attached hydrogens (tertiary/aromatic N) is 6. The van der Waals surface area contributed by atoms with E-state index in [1.54, 1.807) is 0 Å². The maximum Gasteiger partial charge on any atom is 0.151 e. The zero-order valence-electron chi connectivity index (χ0n) is 14.3. The monoisotopic (exact) mass is 312 g/mol. The zero-order valence-corrected chi connectivity index (χ0v) is 14.3. The third-order valence-corrected chi connectivity index (χ3v) is 4.11. The van der Waals surface area contributed by atoms with Gasteiger partial charge in [-0.25, -0.2) is 9.97 Å². The Kier molecular flexibility index (Phi) is 4.15. The first-order valence-corrected chi connectivity index (χ1v) is 8.07. The third-order valence-electron chi connectivity index (χ3n) is 4.11. The van der Waals surface area contributed by atoms with Gasteiger partial charge in [0.2, 0.25) is 0 Å². The van der Waals surface area contributed by atoms with Gasteiger partial charge in [0.25, 0.3) is 0 Å². The Labute approximate surface area is 137 Å². The fraction of sp³-hybridized carbons (Fsp3) is 0.529. The minimum absolute atomic E-state index is 0.0368. The Morgan fingerprint density at radius 1 is 0.870 bits per heavy atom. The van der Waals surface area contributed by atoms with Crippen molar-refractivity contribution in [3.05, 3.63) is 35.9 Å². The lowest BCUT2D eigenvalue weighted by atomic mass is 9.92. The molecule has 2 aromatic heterocycles. The first-order chi connectivity index (χ1) is 10.9. The average molecular weight is 312 g/mol. The molecule has 6 heteroatoms. The van der Waals surface area contributed by atoms with E-state index >= 15 is 0 Å². The Hall–Kier alpha value is -2.24. The Morgan fingerprint density at radius 3 is 2.04 bits per heavy atom. The lowest BCUT2D eigenvalue weighted by molar-refractivity contribution is 0.556. The van der Waals surface area contributed by atoms with E-state index in [1.807, 2.05) is 19.2 Å². The molecule has 0 amide bonds. The average Bonchev–Trinajstić information content (AvgIpc) is 2.54. The second kappa shape index (κ2) is 6.10. The highest BCUT2D eigenvalue weighted by Gasteiger charge is 2.21. The van der Waals surface area contributed by atoms with Gasteiger partial charge < -0.3 is 9.80 Å². The van der Waals surface area contributed by atoms with Crippen molar-refractivity contribution in [2.45, 2.75) is 33.1 Å². The predicted molar refractivity (Wildman–Crippen MR) is 91.9 cm³/mol. The number of piperazine rings is 1. The quantitative estimate of drug-likeness (QED) is 0.847. The molecule has 122 valence electrons. The van der Waals surface area contributed by atoms with Gasteiger partial charge in [0.05, 0.1) is 5.69 Å². The summed E-state index contributed by atoms with van der Waals surface area (Å²) in [6.07, 6.45) is 1.82. The second-order valence-electron chi connectivity index (χ2n) is 6.96. The van der Waals surface area contributed by atoms with Gasteiger partial charge in [0, 0.05) is 37.8 Å². The molecule has 0 atom stereocenters. The largest absolute Gasteiger partial charge is 0.353 e. The number of anilines is 2. The van der Waals surface area contributed by atoms with Gasteiger partial charge >= 0.3 is 0 Å². The van der Waals surface area contributed by atoms with Crippen LogP contribution in [-0.4, -0.2) is 46.3 Å². The van der Waals surface area contributed by atoms with Crippen molar-refractivity contribution in [3.8, 4) is 0 Å². The van der Waals surface area contributed by atoms with Gasteiger partial charge in [-0.05, 0) is 25.1 Å². The summed E-state index contributed by atoms with van der Waals surface area (Å²) in [5.41, 5.74) is 1.06. The zero-order chi connectivity index (χ0) is 16.4. The van der Waals surface area contributed by atoms with Crippen LogP contribution in [0.2, 0.25) is 0 Å². The van der Waals surface area contributed by atoms with E-state index in [2.05, 4.69) is 62.9 Å². The maximum atomic E-state index is 4.50. The van der Waals surface area contributed by atoms with Crippen LogP contribution in [0, 0.1) is 6.92 Å². The summed E-state index contributed by atoms with van der Waals surface area (Å²) in [6.45, 7) is 12.1. The Balaban J connectivity index is 1.65. The molecule has 6 nitrogen and oxygen atoms in total. The molecule has 0 spiro atoms. The molecular weight excluding hydrogens is 288 g/mol. The van der Waals surface area contributed by atoms with Crippen LogP contribution in [0.25, 0.3) is 0 Å². The Morgan fingerprint density at radius 2 is 1.52 bits per heavy atom. The molecule has 0 N–H and O–H groups in total. The highest BCUT2D eigenvalue weighted by atomic mass is 15.3. The van der Waals surface area contributed by atoms with Gasteiger partial charge in [0.1, 0.15) is 11.6 Å². The minimum atomic E-state index is 0.0368. The molecule has 0 aliphatic carbocycles. The topological polar surface area (TPSA) is 58.0 Å². The lowest BCUT2D eigenvalue weighted by Crippen LogP contribution is -2.47. The van der Waals surface area contributed by atoms with Crippen molar-refractivity contribution in [1.29, 1.82) is 0 Å². The van der Waals surface area contributed by atoms with Crippen LogP contribution in [0.4, 0.5) is 11.6 Å². The van der Waals surface area contributed by atoms with Crippen LogP contribution in [0.3, 0.4) is 0 Å². The summed E-state index contributed by atoms with van der Waals surface area (Å²) in [7, 11) is 0. The van der Waals surface area contributed by atoms with Crippen molar-refractivity contribution in [1.82, 2.24) is 20.2 Å². The van der Waals surface area contributed by atoms with E-state index in [0.29, 0.717) is 0 Å². The van der Waals surface area contributed by atoms with Crippen LogP contribution in [0.15, 0.2) is 24.4 Å². The van der Waals surface area contributed by atoms with E-state index in [1.165, 1.54) is 0 Å². The molecule has 23 heavy (non-hydrogen) atoms. The number of aryl methyl sites for hydroxylation is 1. The minimum Gasteiger partial charge on any atom is -0.353 e. The molecule has 1 aliphatic rings. The molecule has 1 fully saturated rings. The van der Waals surface area contributed by atoms with E-state index < -0.39 is 0 Å². The van der Waals surface area contributed by atoms with Crippen molar-refractivity contribution in [2.75, 3.05) is 36.0 Å². The van der Waals surface area contributed by atoms with Crippen molar-refractivity contribution < 1.29 is 0 Å². The molecule has 2 aromatic rings. The molecule has 1 saturated heterocycles. The van der Waals surface area contributed by atoms with Crippen LogP contribution < -0.4 is 9.80 Å². The Bertz CT molecular complexity index is 654. The van der Waals surface area contributed by atoms with E-state index in [4.69, 9.17) is 0 Å². The molecule has 3 heterocycles. The summed E-state index contributed by atoms with van der Waals surface area (Å²) in [6, 6.07) is 6.14. The van der Waals surface area contributed by atoms with Gasteiger partial charge in [-0.2, -0.15) is 5.10 Å². The molecule has 0 bridgehead atoms. The first kappa shape index (κ1) is 15.6. The number of aromatic nitrogens is 4. The first-order valence-electron chi connectivity index (χ1n) is 8.07. The standard InChI is InChI=1S/C17H24N6/c1-13-18-8-7-15(19-13)22-9-11-23(12-10-22)16-6-5-14(20-21-16)17(2,3)4/h5-8H,9-12H2,1-4H3. The van der Waals surface area contributed by atoms with Gasteiger partial charge in [-0.3, -0.25) is 0 Å². The highest BCUT2D eigenvalue weighted by molar-refractivity contribution is 5.44. The van der Waals surface area contributed by atoms with Gasteiger partial charge in [-0.1, -0.05) is 20.8 Å². The fourth-order valence-corrected chi connectivity index (χ4v) is 2.68. The van der Waals surface area contributed by atoms with Crippen LogP contribution >= 0.6 is 0 Å². The third kappa shape index (κ3) is 3.57. The SMILES string of the molecule is Cc1nccc(N2CCN(c3ccc(C(C)(C)C)nn3)CC2)n1. The molecule has 1 aliphatic heterocycles. The summed E-state index contributed by atoms with van der Waals surface area (Å²) >= 11 is 0. The molecule has 3 rings (SSSR count). The predicted octanol–water partition coefficient (Wildman–Crippen LogP) is 2.20. The van der Waals surface area contributed by atoms with Crippen molar-refractivity contribution in [2.24, 2.45) is 0 Å². The second-order valence-corrected chi connectivity index (χ2v) is 6.96. The fourth-order valence-electron chi connectivity index (χ4n) is 2.68. The summed E-state index contributed by atoms with van der Waals surface area (Å²) < 4.78 is 0. The number of hydrogen-bond acceptors (Lipinski definition) is 6. The van der Waals surface area contributed by atoms with Crippen molar-refractivity contribution >= 4 is 11.6 Å². The summed E-state index contributed by atoms with van der Waals surface area (Å²) in [5.74, 6) is 2.77. The molecule has 0 radical (unpaired) electrons. The van der Waals surface area contributed by atoms with Crippen molar-refractivity contribution in [3.63, 3.8) is 0 Å². The molecule has 0 unspecified atom stereocenters. The molecular formula is C17H24N6. The van der Waals surface area contributed by atoms with Gasteiger partial charge in [0.15, 0.2) is 5.82 Å². The lowest BCUT2D eigenvalue weighted by Gasteiger charge is -2.36. The number of rotatable bonds is 2. The normalized spacial score (nSPS) is 15.8. The van der Waals surface area contributed by atoms with E-state index in [-0.39, 0.29) is 5.41 Å². The van der Waals surface area contributed by atoms with E-state index in [0.717, 1.165) is 49.3 Å².